The molecule has 2 aromatic rings. The van der Waals surface area contributed by atoms with Gasteiger partial charge in [-0.25, -0.2) is 8.78 Å². The highest BCUT2D eigenvalue weighted by Gasteiger charge is 2.24. The number of aliphatic hydroxyl groups is 1. The normalized spacial score (nSPS) is 15.6. The second-order valence-corrected chi connectivity index (χ2v) is 9.50. The maximum absolute atomic E-state index is 13.9. The van der Waals surface area contributed by atoms with Crippen molar-refractivity contribution >= 4 is 11.8 Å². The number of β-amino-alcohol motifs (C(OH)–C–C–N with tert-alkyl or cyclic N) is 1. The predicted octanol–water partition coefficient (Wildman–Crippen LogP) is 2.29. The van der Waals surface area contributed by atoms with E-state index >= 15 is 0 Å². The van der Waals surface area contributed by atoms with Crippen LogP contribution in [0.25, 0.3) is 0 Å². The summed E-state index contributed by atoms with van der Waals surface area (Å²) >= 11 is 0. The second kappa shape index (κ2) is 14.0. The second-order valence-electron chi connectivity index (χ2n) is 9.50. The number of nitrogens with one attached hydrogen (secondary N) is 2. The van der Waals surface area contributed by atoms with Gasteiger partial charge in [-0.1, -0.05) is 36.4 Å². The molecule has 0 radical (unpaired) electrons. The molecule has 1 aliphatic rings. The number of benzene rings is 2. The van der Waals surface area contributed by atoms with Gasteiger partial charge in [0.05, 0.1) is 19.2 Å². The van der Waals surface area contributed by atoms with Gasteiger partial charge in [0.15, 0.2) is 0 Å². The third kappa shape index (κ3) is 9.29. The molecule has 1 saturated heterocycles. The van der Waals surface area contributed by atoms with Crippen LogP contribution in [0.5, 0.6) is 0 Å². The van der Waals surface area contributed by atoms with Gasteiger partial charge in [0.1, 0.15) is 11.6 Å². The Hall–Kier alpha value is -2.88. The van der Waals surface area contributed by atoms with E-state index in [1.165, 1.54) is 12.1 Å². The Kier molecular flexibility index (Phi) is 10.8. The van der Waals surface area contributed by atoms with Gasteiger partial charge in [0, 0.05) is 37.3 Å². The third-order valence-corrected chi connectivity index (χ3v) is 6.35. The SMILES string of the molecule is C[C@@H](O)CN1CCC(CN(CC(=O)NCc2ccccc2F)CC(=O)NCc2ccccc2F)CC1. The summed E-state index contributed by atoms with van der Waals surface area (Å²) in [4.78, 5) is 29.3. The smallest absolute Gasteiger partial charge is 0.234 e. The summed E-state index contributed by atoms with van der Waals surface area (Å²) in [6, 6.07) is 12.5. The lowest BCUT2D eigenvalue weighted by atomic mass is 9.96. The first-order valence-electron chi connectivity index (χ1n) is 12.4. The monoisotopic (exact) mass is 502 g/mol. The van der Waals surface area contributed by atoms with Crippen LogP contribution in [0.2, 0.25) is 0 Å². The molecule has 2 amide bonds. The summed E-state index contributed by atoms with van der Waals surface area (Å²) < 4.78 is 27.8. The lowest BCUT2D eigenvalue weighted by Crippen LogP contribution is -2.46. The Labute approximate surface area is 211 Å². The van der Waals surface area contributed by atoms with Crippen molar-refractivity contribution in [2.75, 3.05) is 39.3 Å². The Morgan fingerprint density at radius 3 is 1.86 bits per heavy atom. The minimum Gasteiger partial charge on any atom is -0.392 e. The first kappa shape index (κ1) is 27.7. The number of aliphatic hydroxyl groups excluding tert-OH is 1. The molecule has 0 unspecified atom stereocenters. The van der Waals surface area contributed by atoms with Crippen molar-refractivity contribution in [3.63, 3.8) is 0 Å². The molecular weight excluding hydrogens is 466 g/mol. The van der Waals surface area contributed by atoms with Gasteiger partial charge in [0.2, 0.25) is 11.8 Å². The molecule has 0 aromatic heterocycles. The maximum atomic E-state index is 13.9. The largest absolute Gasteiger partial charge is 0.392 e. The quantitative estimate of drug-likeness (QED) is 0.415. The molecular formula is C27H36F2N4O3. The van der Waals surface area contributed by atoms with E-state index in [2.05, 4.69) is 15.5 Å². The summed E-state index contributed by atoms with van der Waals surface area (Å²) in [5, 5.41) is 15.1. The van der Waals surface area contributed by atoms with Gasteiger partial charge in [-0.15, -0.1) is 0 Å². The van der Waals surface area contributed by atoms with E-state index in [0.717, 1.165) is 25.9 Å². The molecule has 9 heteroatoms. The number of carbonyl (C=O) groups excluding carboxylic acids is 2. The number of nitrogens with zero attached hydrogens (tertiary/aromatic N) is 2. The Morgan fingerprint density at radius 2 is 1.42 bits per heavy atom. The summed E-state index contributed by atoms with van der Waals surface area (Å²) in [6.45, 7) is 4.78. The van der Waals surface area contributed by atoms with E-state index in [9.17, 15) is 23.5 Å². The van der Waals surface area contributed by atoms with Gasteiger partial charge in [-0.3, -0.25) is 14.5 Å². The number of hydrogen-bond acceptors (Lipinski definition) is 5. The van der Waals surface area contributed by atoms with E-state index in [1.807, 2.05) is 0 Å². The van der Waals surface area contributed by atoms with Crippen LogP contribution >= 0.6 is 0 Å². The van der Waals surface area contributed by atoms with Gasteiger partial charge in [-0.05, 0) is 50.9 Å². The molecule has 7 nitrogen and oxygen atoms in total. The summed E-state index contributed by atoms with van der Waals surface area (Å²) in [6.07, 6.45) is 1.42. The number of halogens is 2. The molecule has 196 valence electrons. The van der Waals surface area contributed by atoms with Crippen molar-refractivity contribution in [2.45, 2.75) is 39.0 Å². The fraction of sp³-hybridized carbons (Fsp3) is 0.481. The highest BCUT2D eigenvalue weighted by Crippen LogP contribution is 2.19. The third-order valence-electron chi connectivity index (χ3n) is 6.35. The maximum Gasteiger partial charge on any atom is 0.234 e. The van der Waals surface area contributed by atoms with E-state index in [4.69, 9.17) is 0 Å². The van der Waals surface area contributed by atoms with Crippen molar-refractivity contribution < 1.29 is 23.5 Å². The predicted molar refractivity (Wildman–Crippen MR) is 134 cm³/mol. The zero-order chi connectivity index (χ0) is 25.9. The molecule has 3 N–H and O–H groups in total. The number of carbonyl (C=O) groups is 2. The molecule has 1 heterocycles. The van der Waals surface area contributed by atoms with Gasteiger partial charge >= 0.3 is 0 Å². The van der Waals surface area contributed by atoms with Crippen molar-refractivity contribution in [1.29, 1.82) is 0 Å². The molecule has 0 saturated carbocycles. The molecule has 1 aliphatic heterocycles. The van der Waals surface area contributed by atoms with Crippen LogP contribution in [0.3, 0.4) is 0 Å². The van der Waals surface area contributed by atoms with Gasteiger partial charge in [-0.2, -0.15) is 0 Å². The van der Waals surface area contributed by atoms with E-state index in [-0.39, 0.29) is 55.7 Å². The molecule has 0 aliphatic carbocycles. The topological polar surface area (TPSA) is 84.9 Å². The van der Waals surface area contributed by atoms with Crippen LogP contribution in [0.1, 0.15) is 30.9 Å². The molecule has 36 heavy (non-hydrogen) atoms. The minimum absolute atomic E-state index is 0.00450. The molecule has 1 fully saturated rings. The van der Waals surface area contributed by atoms with Gasteiger partial charge < -0.3 is 20.6 Å². The van der Waals surface area contributed by atoms with Crippen LogP contribution < -0.4 is 10.6 Å². The number of amides is 2. The first-order chi connectivity index (χ1) is 17.3. The van der Waals surface area contributed by atoms with Crippen LogP contribution in [-0.2, 0) is 22.7 Å². The van der Waals surface area contributed by atoms with Crippen molar-refractivity contribution in [1.82, 2.24) is 20.4 Å². The number of likely N-dealkylation sites (tertiary alicyclic amines) is 1. The molecule has 0 spiro atoms. The van der Waals surface area contributed by atoms with Crippen LogP contribution in [0.4, 0.5) is 8.78 Å². The fourth-order valence-electron chi connectivity index (χ4n) is 4.46. The zero-order valence-electron chi connectivity index (χ0n) is 20.8. The lowest BCUT2D eigenvalue weighted by molar-refractivity contribution is -0.125. The Morgan fingerprint density at radius 1 is 0.944 bits per heavy atom. The van der Waals surface area contributed by atoms with Crippen LogP contribution in [0, 0.1) is 17.6 Å². The van der Waals surface area contributed by atoms with Crippen molar-refractivity contribution in [3.05, 3.63) is 71.3 Å². The molecule has 1 atom stereocenters. The molecule has 3 rings (SSSR count). The number of piperidine rings is 1. The first-order valence-corrected chi connectivity index (χ1v) is 12.4. The summed E-state index contributed by atoms with van der Waals surface area (Å²) in [5.41, 5.74) is 0.788. The Bertz CT molecular complexity index is 933. The lowest BCUT2D eigenvalue weighted by Gasteiger charge is -2.35. The Balaban J connectivity index is 1.55. The highest BCUT2D eigenvalue weighted by atomic mass is 19.1. The van der Waals surface area contributed by atoms with Crippen LogP contribution in [-0.4, -0.2) is 72.1 Å². The van der Waals surface area contributed by atoms with E-state index in [0.29, 0.717) is 30.1 Å². The van der Waals surface area contributed by atoms with Crippen molar-refractivity contribution in [2.24, 2.45) is 5.92 Å². The highest BCUT2D eigenvalue weighted by molar-refractivity contribution is 5.81. The standard InChI is InChI=1S/C27H36F2N4O3/c1-20(34)16-32-12-10-21(11-13-32)17-33(18-26(35)30-14-22-6-2-4-8-24(22)28)19-27(36)31-15-23-7-3-5-9-25(23)29/h2-9,20-21,34H,10-19H2,1H3,(H,30,35)(H,31,36)/t20-/m1/s1. The number of rotatable bonds is 12. The summed E-state index contributed by atoms with van der Waals surface area (Å²) in [5.74, 6) is -1.07. The zero-order valence-corrected chi connectivity index (χ0v) is 20.8. The minimum atomic E-state index is -0.383. The van der Waals surface area contributed by atoms with Gasteiger partial charge in [0.25, 0.3) is 0 Å². The molecule has 2 aromatic carbocycles. The van der Waals surface area contributed by atoms with Crippen LogP contribution in [0.15, 0.2) is 48.5 Å². The fourth-order valence-corrected chi connectivity index (χ4v) is 4.46. The molecule has 0 bridgehead atoms. The van der Waals surface area contributed by atoms with E-state index in [1.54, 1.807) is 48.2 Å². The average Bonchev–Trinajstić information content (AvgIpc) is 2.84. The summed E-state index contributed by atoms with van der Waals surface area (Å²) in [7, 11) is 0. The van der Waals surface area contributed by atoms with Crippen molar-refractivity contribution in [3.8, 4) is 0 Å². The number of hydrogen-bond donors (Lipinski definition) is 3. The van der Waals surface area contributed by atoms with E-state index < -0.39 is 0 Å². The average molecular weight is 503 g/mol.